The zero-order chi connectivity index (χ0) is 13.4. The van der Waals surface area contributed by atoms with Gasteiger partial charge in [0.15, 0.2) is 0 Å². The standard InChI is InChI=1S/C14H11Cl2N3/c1-8-2-3-12-13(4-8)19-14(18-12)17-11-6-9(15)5-10(16)7-11/h2-7H,1H3,(H2,17,18,19). The van der Waals surface area contributed by atoms with Gasteiger partial charge in [-0.25, -0.2) is 4.98 Å². The Bertz CT molecular complexity index is 729. The molecule has 19 heavy (non-hydrogen) atoms. The summed E-state index contributed by atoms with van der Waals surface area (Å²) in [5.41, 5.74) is 3.90. The van der Waals surface area contributed by atoms with Crippen molar-refractivity contribution in [2.75, 3.05) is 5.32 Å². The summed E-state index contributed by atoms with van der Waals surface area (Å²) in [6.07, 6.45) is 0. The Kier molecular flexibility index (Phi) is 3.09. The molecule has 96 valence electrons. The first-order valence-electron chi connectivity index (χ1n) is 5.80. The van der Waals surface area contributed by atoms with Crippen LogP contribution in [0.15, 0.2) is 36.4 Å². The van der Waals surface area contributed by atoms with Crippen molar-refractivity contribution in [3.63, 3.8) is 0 Å². The third-order valence-electron chi connectivity index (χ3n) is 2.76. The molecule has 3 rings (SSSR count). The predicted octanol–water partition coefficient (Wildman–Crippen LogP) is 4.92. The number of nitrogens with zero attached hydrogens (tertiary/aromatic N) is 1. The van der Waals surface area contributed by atoms with Crippen LogP contribution in [0.3, 0.4) is 0 Å². The third kappa shape index (κ3) is 2.67. The number of anilines is 2. The number of fused-ring (bicyclic) bond motifs is 1. The summed E-state index contributed by atoms with van der Waals surface area (Å²) < 4.78 is 0. The Morgan fingerprint density at radius 2 is 1.79 bits per heavy atom. The molecule has 0 saturated heterocycles. The van der Waals surface area contributed by atoms with Gasteiger partial charge in [0, 0.05) is 15.7 Å². The van der Waals surface area contributed by atoms with Crippen molar-refractivity contribution in [3.8, 4) is 0 Å². The van der Waals surface area contributed by atoms with E-state index >= 15 is 0 Å². The number of aryl methyl sites for hydroxylation is 1. The average molecular weight is 292 g/mol. The molecular formula is C14H11Cl2N3. The van der Waals surface area contributed by atoms with Crippen molar-refractivity contribution in [3.05, 3.63) is 52.0 Å². The van der Waals surface area contributed by atoms with Crippen molar-refractivity contribution in [2.45, 2.75) is 6.92 Å². The first-order chi connectivity index (χ1) is 9.10. The highest BCUT2D eigenvalue weighted by molar-refractivity contribution is 6.35. The SMILES string of the molecule is Cc1ccc2nc(Nc3cc(Cl)cc(Cl)c3)[nH]c2c1. The molecule has 0 saturated carbocycles. The quantitative estimate of drug-likeness (QED) is 0.703. The number of hydrogen-bond donors (Lipinski definition) is 2. The topological polar surface area (TPSA) is 40.7 Å². The Balaban J connectivity index is 1.96. The number of aromatic nitrogens is 2. The number of rotatable bonds is 2. The van der Waals surface area contributed by atoms with Gasteiger partial charge in [0.05, 0.1) is 11.0 Å². The molecule has 3 aromatic rings. The van der Waals surface area contributed by atoms with E-state index in [4.69, 9.17) is 23.2 Å². The second-order valence-electron chi connectivity index (χ2n) is 4.39. The molecule has 1 heterocycles. The fourth-order valence-electron chi connectivity index (χ4n) is 1.95. The van der Waals surface area contributed by atoms with E-state index in [9.17, 15) is 0 Å². The van der Waals surface area contributed by atoms with E-state index in [1.54, 1.807) is 18.2 Å². The van der Waals surface area contributed by atoms with E-state index in [1.165, 1.54) is 5.56 Å². The van der Waals surface area contributed by atoms with Gasteiger partial charge >= 0.3 is 0 Å². The minimum atomic E-state index is 0.585. The van der Waals surface area contributed by atoms with Crippen LogP contribution in [0.2, 0.25) is 10.0 Å². The van der Waals surface area contributed by atoms with Crippen molar-refractivity contribution >= 4 is 45.9 Å². The maximum Gasteiger partial charge on any atom is 0.205 e. The van der Waals surface area contributed by atoms with Gasteiger partial charge in [0.1, 0.15) is 0 Å². The van der Waals surface area contributed by atoms with Crippen LogP contribution < -0.4 is 5.32 Å². The maximum atomic E-state index is 5.96. The highest BCUT2D eigenvalue weighted by Gasteiger charge is 2.04. The molecule has 0 atom stereocenters. The number of imidazole rings is 1. The third-order valence-corrected chi connectivity index (χ3v) is 3.20. The second-order valence-corrected chi connectivity index (χ2v) is 5.26. The van der Waals surface area contributed by atoms with Crippen LogP contribution in [0.5, 0.6) is 0 Å². The van der Waals surface area contributed by atoms with Gasteiger partial charge in [0.2, 0.25) is 5.95 Å². The van der Waals surface area contributed by atoms with Gasteiger partial charge in [-0.05, 0) is 42.8 Å². The number of benzene rings is 2. The number of aromatic amines is 1. The van der Waals surface area contributed by atoms with Crippen LogP contribution in [0.25, 0.3) is 11.0 Å². The van der Waals surface area contributed by atoms with Gasteiger partial charge in [-0.2, -0.15) is 0 Å². The lowest BCUT2D eigenvalue weighted by molar-refractivity contribution is 1.31. The number of halogens is 2. The molecule has 2 aromatic carbocycles. The van der Waals surface area contributed by atoms with E-state index in [1.807, 2.05) is 19.1 Å². The number of hydrogen-bond acceptors (Lipinski definition) is 2. The Labute approximate surface area is 120 Å². The molecule has 0 spiro atoms. The minimum absolute atomic E-state index is 0.585. The van der Waals surface area contributed by atoms with Crippen LogP contribution >= 0.6 is 23.2 Å². The molecule has 0 amide bonds. The molecule has 0 bridgehead atoms. The molecular weight excluding hydrogens is 281 g/mol. The fraction of sp³-hybridized carbons (Fsp3) is 0.0714. The van der Waals surface area contributed by atoms with Gasteiger partial charge < -0.3 is 10.3 Å². The van der Waals surface area contributed by atoms with Crippen LogP contribution in [0.4, 0.5) is 11.6 Å². The highest BCUT2D eigenvalue weighted by Crippen LogP contribution is 2.25. The van der Waals surface area contributed by atoms with E-state index in [0.29, 0.717) is 16.0 Å². The van der Waals surface area contributed by atoms with Crippen molar-refractivity contribution in [1.29, 1.82) is 0 Å². The van der Waals surface area contributed by atoms with Gasteiger partial charge in [-0.1, -0.05) is 29.3 Å². The van der Waals surface area contributed by atoms with Crippen molar-refractivity contribution < 1.29 is 0 Å². The Morgan fingerprint density at radius 3 is 2.53 bits per heavy atom. The molecule has 0 aliphatic heterocycles. The highest BCUT2D eigenvalue weighted by atomic mass is 35.5. The fourth-order valence-corrected chi connectivity index (χ4v) is 2.47. The summed E-state index contributed by atoms with van der Waals surface area (Å²) in [4.78, 5) is 7.67. The van der Waals surface area contributed by atoms with Crippen LogP contribution in [-0.4, -0.2) is 9.97 Å². The summed E-state index contributed by atoms with van der Waals surface area (Å²) in [6, 6.07) is 11.4. The van der Waals surface area contributed by atoms with Crippen LogP contribution in [0, 0.1) is 6.92 Å². The van der Waals surface area contributed by atoms with Gasteiger partial charge in [-0.15, -0.1) is 0 Å². The van der Waals surface area contributed by atoms with Crippen LogP contribution in [0.1, 0.15) is 5.56 Å². The summed E-state index contributed by atoms with van der Waals surface area (Å²) in [6.45, 7) is 2.05. The maximum absolute atomic E-state index is 5.96. The normalized spacial score (nSPS) is 10.9. The van der Waals surface area contributed by atoms with E-state index in [0.717, 1.165) is 16.7 Å². The number of H-pyrrole nitrogens is 1. The molecule has 2 N–H and O–H groups in total. The van der Waals surface area contributed by atoms with Gasteiger partial charge in [0.25, 0.3) is 0 Å². The van der Waals surface area contributed by atoms with E-state index in [2.05, 4.69) is 21.4 Å². The lowest BCUT2D eigenvalue weighted by Gasteiger charge is -2.03. The number of nitrogens with one attached hydrogen (secondary N) is 2. The largest absolute Gasteiger partial charge is 0.326 e. The summed E-state index contributed by atoms with van der Waals surface area (Å²) >= 11 is 11.9. The Morgan fingerprint density at radius 1 is 1.05 bits per heavy atom. The van der Waals surface area contributed by atoms with Crippen LogP contribution in [-0.2, 0) is 0 Å². The molecule has 0 unspecified atom stereocenters. The van der Waals surface area contributed by atoms with Crippen molar-refractivity contribution in [1.82, 2.24) is 9.97 Å². The van der Waals surface area contributed by atoms with Gasteiger partial charge in [-0.3, -0.25) is 0 Å². The molecule has 3 nitrogen and oxygen atoms in total. The van der Waals surface area contributed by atoms with E-state index in [-0.39, 0.29) is 0 Å². The minimum Gasteiger partial charge on any atom is -0.326 e. The molecule has 0 radical (unpaired) electrons. The first kappa shape index (κ1) is 12.3. The second kappa shape index (κ2) is 4.76. The molecule has 0 fully saturated rings. The molecule has 0 aliphatic carbocycles. The first-order valence-corrected chi connectivity index (χ1v) is 6.55. The molecule has 5 heteroatoms. The summed E-state index contributed by atoms with van der Waals surface area (Å²) in [5.74, 6) is 0.666. The predicted molar refractivity (Wildman–Crippen MR) is 80.6 cm³/mol. The Hall–Kier alpha value is -1.71. The molecule has 0 aliphatic rings. The van der Waals surface area contributed by atoms with E-state index < -0.39 is 0 Å². The summed E-state index contributed by atoms with van der Waals surface area (Å²) in [7, 11) is 0. The smallest absolute Gasteiger partial charge is 0.205 e. The van der Waals surface area contributed by atoms with Crippen molar-refractivity contribution in [2.24, 2.45) is 0 Å². The zero-order valence-electron chi connectivity index (χ0n) is 10.2. The summed E-state index contributed by atoms with van der Waals surface area (Å²) in [5, 5.41) is 4.33. The molecule has 1 aromatic heterocycles. The lowest BCUT2D eigenvalue weighted by atomic mass is 10.2. The lowest BCUT2D eigenvalue weighted by Crippen LogP contribution is -1.91. The average Bonchev–Trinajstić information content (AvgIpc) is 2.68. The zero-order valence-corrected chi connectivity index (χ0v) is 11.7. The monoisotopic (exact) mass is 291 g/mol.